The molecule has 0 bridgehead atoms. The Morgan fingerprint density at radius 1 is 1.56 bits per heavy atom. The lowest BCUT2D eigenvalue weighted by atomic mass is 10.1. The summed E-state index contributed by atoms with van der Waals surface area (Å²) in [6.07, 6.45) is 0.937. The average Bonchev–Trinajstić information content (AvgIpc) is 2.86. The second-order valence-electron chi connectivity index (χ2n) is 3.66. The topological polar surface area (TPSA) is 38.0 Å². The summed E-state index contributed by atoms with van der Waals surface area (Å²) in [7, 11) is 0. The highest BCUT2D eigenvalue weighted by atomic mass is 79.9. The fraction of sp³-hybridized carbons (Fsp3) is 0.273. The van der Waals surface area contributed by atoms with Crippen molar-refractivity contribution in [2.24, 2.45) is 5.84 Å². The van der Waals surface area contributed by atoms with Gasteiger partial charge < -0.3 is 0 Å². The van der Waals surface area contributed by atoms with Crippen molar-refractivity contribution in [1.82, 2.24) is 5.43 Å². The number of hydrogen-bond donors (Lipinski definition) is 2. The Morgan fingerprint density at radius 3 is 2.88 bits per heavy atom. The van der Waals surface area contributed by atoms with Gasteiger partial charge in [-0.3, -0.25) is 11.3 Å². The van der Waals surface area contributed by atoms with Crippen molar-refractivity contribution in [3.63, 3.8) is 0 Å². The van der Waals surface area contributed by atoms with Crippen molar-refractivity contribution < 1.29 is 0 Å². The minimum Gasteiger partial charge on any atom is -0.271 e. The van der Waals surface area contributed by atoms with E-state index in [-0.39, 0.29) is 6.04 Å². The maximum absolute atomic E-state index is 5.63. The standard InChI is InChI=1S/C11H13BrN2S2/c1-7-4-10(16-11(7)12)9(14-13)5-8-2-3-15-6-8/h2-4,6,9,14H,5,13H2,1H3. The second-order valence-corrected chi connectivity index (χ2v) is 6.84. The van der Waals surface area contributed by atoms with E-state index in [4.69, 9.17) is 5.84 Å². The third-order valence-corrected chi connectivity index (χ3v) is 5.42. The number of aryl methyl sites for hydroxylation is 1. The Kier molecular flexibility index (Phi) is 4.16. The smallest absolute Gasteiger partial charge is 0.0731 e. The van der Waals surface area contributed by atoms with E-state index in [0.29, 0.717) is 0 Å². The van der Waals surface area contributed by atoms with Crippen LogP contribution >= 0.6 is 38.6 Å². The first kappa shape index (κ1) is 12.3. The first-order valence-corrected chi connectivity index (χ1v) is 7.49. The maximum atomic E-state index is 5.63. The first-order chi connectivity index (χ1) is 7.70. The van der Waals surface area contributed by atoms with Gasteiger partial charge in [0.15, 0.2) is 0 Å². The molecular formula is C11H13BrN2S2. The molecule has 2 heterocycles. The summed E-state index contributed by atoms with van der Waals surface area (Å²) in [6, 6.07) is 4.53. The van der Waals surface area contributed by atoms with Crippen LogP contribution in [0.4, 0.5) is 0 Å². The molecule has 0 aliphatic rings. The van der Waals surface area contributed by atoms with Crippen LogP contribution in [0.25, 0.3) is 0 Å². The van der Waals surface area contributed by atoms with E-state index in [2.05, 4.69) is 51.2 Å². The lowest BCUT2D eigenvalue weighted by Crippen LogP contribution is -2.28. The Bertz CT molecular complexity index is 431. The quantitative estimate of drug-likeness (QED) is 0.667. The van der Waals surface area contributed by atoms with Gasteiger partial charge >= 0.3 is 0 Å². The average molecular weight is 317 g/mol. The van der Waals surface area contributed by atoms with Gasteiger partial charge in [-0.15, -0.1) is 11.3 Å². The summed E-state index contributed by atoms with van der Waals surface area (Å²) >= 11 is 7.01. The van der Waals surface area contributed by atoms with Crippen LogP contribution in [0.5, 0.6) is 0 Å². The molecule has 0 spiro atoms. The Hall–Kier alpha value is -0.200. The van der Waals surface area contributed by atoms with E-state index in [1.54, 1.807) is 22.7 Å². The lowest BCUT2D eigenvalue weighted by Gasteiger charge is -2.12. The molecule has 2 aromatic heterocycles. The number of thiophene rings is 2. The van der Waals surface area contributed by atoms with Gasteiger partial charge in [-0.1, -0.05) is 0 Å². The molecule has 5 heteroatoms. The zero-order valence-electron chi connectivity index (χ0n) is 8.87. The minimum atomic E-state index is 0.199. The normalized spacial score (nSPS) is 12.9. The van der Waals surface area contributed by atoms with Crippen molar-refractivity contribution in [2.75, 3.05) is 0 Å². The molecule has 2 rings (SSSR count). The summed E-state index contributed by atoms with van der Waals surface area (Å²) in [5, 5.41) is 4.26. The Balaban J connectivity index is 2.16. The molecule has 0 aliphatic heterocycles. The summed E-state index contributed by atoms with van der Waals surface area (Å²) < 4.78 is 1.19. The highest BCUT2D eigenvalue weighted by Gasteiger charge is 2.14. The van der Waals surface area contributed by atoms with Gasteiger partial charge in [0.05, 0.1) is 9.83 Å². The third kappa shape index (κ3) is 2.73. The highest BCUT2D eigenvalue weighted by Crippen LogP contribution is 2.32. The monoisotopic (exact) mass is 316 g/mol. The number of hydrazine groups is 1. The molecule has 0 aliphatic carbocycles. The van der Waals surface area contributed by atoms with Crippen LogP contribution in [0.2, 0.25) is 0 Å². The van der Waals surface area contributed by atoms with E-state index >= 15 is 0 Å². The van der Waals surface area contributed by atoms with Crippen LogP contribution in [-0.2, 0) is 6.42 Å². The van der Waals surface area contributed by atoms with Crippen molar-refractivity contribution >= 4 is 38.6 Å². The third-order valence-electron chi connectivity index (χ3n) is 2.44. The zero-order valence-corrected chi connectivity index (χ0v) is 12.1. The Labute approximate surface area is 112 Å². The molecule has 3 N–H and O–H groups in total. The van der Waals surface area contributed by atoms with Crippen LogP contribution in [-0.4, -0.2) is 0 Å². The minimum absolute atomic E-state index is 0.199. The fourth-order valence-corrected chi connectivity index (χ4v) is 3.85. The molecule has 1 atom stereocenters. The Morgan fingerprint density at radius 2 is 2.38 bits per heavy atom. The van der Waals surface area contributed by atoms with E-state index in [1.807, 2.05) is 0 Å². The van der Waals surface area contributed by atoms with E-state index in [0.717, 1.165) is 6.42 Å². The molecule has 0 amide bonds. The molecule has 0 saturated heterocycles. The van der Waals surface area contributed by atoms with Crippen LogP contribution in [0.3, 0.4) is 0 Å². The number of halogens is 1. The van der Waals surface area contributed by atoms with Crippen LogP contribution in [0.15, 0.2) is 26.7 Å². The van der Waals surface area contributed by atoms with Crippen molar-refractivity contribution in [3.05, 3.63) is 42.7 Å². The van der Waals surface area contributed by atoms with Gasteiger partial charge in [-0.05, 0) is 63.3 Å². The number of hydrogen-bond acceptors (Lipinski definition) is 4. The molecular weight excluding hydrogens is 304 g/mol. The lowest BCUT2D eigenvalue weighted by molar-refractivity contribution is 0.561. The van der Waals surface area contributed by atoms with Crippen molar-refractivity contribution in [3.8, 4) is 0 Å². The van der Waals surface area contributed by atoms with E-state index < -0.39 is 0 Å². The summed E-state index contributed by atoms with van der Waals surface area (Å²) in [5.74, 6) is 5.63. The van der Waals surface area contributed by atoms with Gasteiger partial charge in [0.1, 0.15) is 0 Å². The van der Waals surface area contributed by atoms with E-state index in [1.165, 1.54) is 19.8 Å². The molecule has 86 valence electrons. The number of nitrogens with two attached hydrogens (primary N) is 1. The molecule has 16 heavy (non-hydrogen) atoms. The summed E-state index contributed by atoms with van der Waals surface area (Å²) in [4.78, 5) is 1.28. The van der Waals surface area contributed by atoms with Gasteiger partial charge in [-0.25, -0.2) is 0 Å². The molecule has 1 unspecified atom stereocenters. The van der Waals surface area contributed by atoms with Crippen molar-refractivity contribution in [1.29, 1.82) is 0 Å². The van der Waals surface area contributed by atoms with Gasteiger partial charge in [-0.2, -0.15) is 11.3 Å². The van der Waals surface area contributed by atoms with Crippen LogP contribution < -0.4 is 11.3 Å². The molecule has 0 saturated carbocycles. The van der Waals surface area contributed by atoms with Crippen LogP contribution in [0.1, 0.15) is 22.0 Å². The molecule has 0 fully saturated rings. The predicted molar refractivity (Wildman–Crippen MR) is 74.8 cm³/mol. The van der Waals surface area contributed by atoms with Gasteiger partial charge in [0.25, 0.3) is 0 Å². The van der Waals surface area contributed by atoms with E-state index in [9.17, 15) is 0 Å². The largest absolute Gasteiger partial charge is 0.271 e. The molecule has 2 aromatic rings. The zero-order chi connectivity index (χ0) is 11.5. The number of nitrogens with one attached hydrogen (secondary N) is 1. The summed E-state index contributed by atoms with van der Waals surface area (Å²) in [5.41, 5.74) is 5.49. The maximum Gasteiger partial charge on any atom is 0.0731 e. The van der Waals surface area contributed by atoms with Crippen LogP contribution in [0, 0.1) is 6.92 Å². The SMILES string of the molecule is Cc1cc(C(Cc2ccsc2)NN)sc1Br. The predicted octanol–water partition coefficient (Wildman–Crippen LogP) is 3.63. The molecule has 0 radical (unpaired) electrons. The highest BCUT2D eigenvalue weighted by molar-refractivity contribution is 9.11. The van der Waals surface area contributed by atoms with Gasteiger partial charge in [0.2, 0.25) is 0 Å². The number of rotatable bonds is 4. The second kappa shape index (κ2) is 5.42. The van der Waals surface area contributed by atoms with Crippen molar-refractivity contribution in [2.45, 2.75) is 19.4 Å². The fourth-order valence-electron chi connectivity index (χ4n) is 1.54. The van der Waals surface area contributed by atoms with Gasteiger partial charge in [0, 0.05) is 4.88 Å². The molecule has 0 aromatic carbocycles. The first-order valence-electron chi connectivity index (χ1n) is 4.93. The molecule has 2 nitrogen and oxygen atoms in total. The summed E-state index contributed by atoms with van der Waals surface area (Å²) in [6.45, 7) is 2.10.